The Morgan fingerprint density at radius 3 is 2.52 bits per heavy atom. The number of ether oxygens (including phenoxy) is 2. The fourth-order valence-corrected chi connectivity index (χ4v) is 4.31. The van der Waals surface area contributed by atoms with Crippen molar-refractivity contribution in [3.8, 4) is 5.75 Å². The topological polar surface area (TPSA) is 212 Å². The van der Waals surface area contributed by atoms with Gasteiger partial charge in [-0.15, -0.1) is 0 Å². The molecule has 2 aromatic carbocycles. The number of carbonyl (C=O) groups is 4. The number of phenolic OH excluding ortho intramolecular Hbond substituents is 1. The Morgan fingerprint density at radius 1 is 1.09 bits per heavy atom. The van der Waals surface area contributed by atoms with E-state index >= 15 is 0 Å². The number of H-pyrrole nitrogens is 1. The molecule has 15 nitrogen and oxygen atoms in total. The average Bonchev–Trinajstić information content (AvgIpc) is 3.68. The molecule has 4 rings (SSSR count). The first-order valence-electron chi connectivity index (χ1n) is 13.9. The van der Waals surface area contributed by atoms with Crippen molar-refractivity contribution in [1.82, 2.24) is 15.5 Å². The van der Waals surface area contributed by atoms with Crippen LogP contribution in [0.3, 0.4) is 0 Å². The Bertz CT molecular complexity index is 1760. The molecule has 0 saturated carbocycles. The van der Waals surface area contributed by atoms with Gasteiger partial charge >= 0.3 is 12.1 Å². The Kier molecular flexibility index (Phi) is 10.6. The van der Waals surface area contributed by atoms with E-state index in [0.717, 1.165) is 4.90 Å². The van der Waals surface area contributed by atoms with Crippen LogP contribution in [0.5, 0.6) is 5.75 Å². The van der Waals surface area contributed by atoms with Crippen LogP contribution in [0, 0.1) is 19.3 Å². The summed E-state index contributed by atoms with van der Waals surface area (Å²) in [5, 5.41) is 26.2. The standard InChI is InChI=1S/C31H31N7O8/c1-4-33-30(42)23-15-34-27(19(23)3)28(35-16-32)38(31(43)45-17-44-26(40)13-20-6-9-22(39)10-7-20)24-14-21(8-5-18(24)2)29(41)36-25-11-12-46-37-25/h5-12,14-16,32,34,39H,4,13,17H2,1-3H3,(H,33,42)(H,36,37,41). The highest BCUT2D eigenvalue weighted by Gasteiger charge is 2.30. The molecule has 0 saturated heterocycles. The predicted molar refractivity (Wildman–Crippen MR) is 166 cm³/mol. The second-order valence-electron chi connectivity index (χ2n) is 9.71. The highest BCUT2D eigenvalue weighted by atomic mass is 16.7. The van der Waals surface area contributed by atoms with Gasteiger partial charge in [0.25, 0.3) is 11.8 Å². The molecule has 0 radical (unpaired) electrons. The van der Waals surface area contributed by atoms with E-state index in [1.165, 1.54) is 42.8 Å². The molecule has 0 aliphatic heterocycles. The second kappa shape index (κ2) is 15.0. The van der Waals surface area contributed by atoms with E-state index in [1.54, 1.807) is 39.0 Å². The summed E-state index contributed by atoms with van der Waals surface area (Å²) < 4.78 is 15.2. The molecule has 15 heteroatoms. The molecule has 0 spiro atoms. The lowest BCUT2D eigenvalue weighted by atomic mass is 10.1. The third kappa shape index (κ3) is 7.82. The van der Waals surface area contributed by atoms with Crippen molar-refractivity contribution < 1.29 is 38.3 Å². The fraction of sp³-hybridized carbons (Fsp3) is 0.194. The van der Waals surface area contributed by atoms with Crippen molar-refractivity contribution in [2.24, 2.45) is 4.99 Å². The zero-order valence-electron chi connectivity index (χ0n) is 25.1. The number of aromatic amines is 1. The maximum atomic E-state index is 13.8. The van der Waals surface area contributed by atoms with E-state index in [9.17, 15) is 24.3 Å². The first kappa shape index (κ1) is 32.7. The third-order valence-corrected chi connectivity index (χ3v) is 6.61. The summed E-state index contributed by atoms with van der Waals surface area (Å²) in [6.07, 6.45) is 2.23. The summed E-state index contributed by atoms with van der Waals surface area (Å²) in [5.74, 6) is -1.56. The normalized spacial score (nSPS) is 11.0. The molecular weight excluding hydrogens is 598 g/mol. The van der Waals surface area contributed by atoms with Gasteiger partial charge in [-0.3, -0.25) is 19.8 Å². The van der Waals surface area contributed by atoms with Gasteiger partial charge in [-0.05, 0) is 61.7 Å². The van der Waals surface area contributed by atoms with Gasteiger partial charge in [0, 0.05) is 24.4 Å². The largest absolute Gasteiger partial charge is 0.508 e. The Hall–Kier alpha value is -6.25. The molecule has 5 N–H and O–H groups in total. The number of benzene rings is 2. The van der Waals surface area contributed by atoms with Crippen LogP contribution >= 0.6 is 0 Å². The third-order valence-electron chi connectivity index (χ3n) is 6.61. The van der Waals surface area contributed by atoms with Crippen molar-refractivity contribution in [3.05, 3.63) is 94.5 Å². The number of aromatic nitrogens is 2. The van der Waals surface area contributed by atoms with E-state index in [1.807, 2.05) is 0 Å². The predicted octanol–water partition coefficient (Wildman–Crippen LogP) is 4.07. The van der Waals surface area contributed by atoms with E-state index in [-0.39, 0.29) is 52.2 Å². The zero-order valence-corrected chi connectivity index (χ0v) is 25.1. The van der Waals surface area contributed by atoms with Gasteiger partial charge in [0.15, 0.2) is 11.7 Å². The Labute approximate surface area is 262 Å². The molecule has 0 unspecified atom stereocenters. The molecule has 3 amide bonds. The van der Waals surface area contributed by atoms with Crippen molar-refractivity contribution in [2.75, 3.05) is 23.6 Å². The molecule has 238 valence electrons. The number of nitrogens with zero attached hydrogens (tertiary/aromatic N) is 3. The minimum absolute atomic E-state index is 0.0407. The summed E-state index contributed by atoms with van der Waals surface area (Å²) in [6, 6.07) is 11.9. The molecule has 0 atom stereocenters. The van der Waals surface area contributed by atoms with Gasteiger partial charge in [-0.1, -0.05) is 23.4 Å². The molecule has 0 fully saturated rings. The average molecular weight is 630 g/mol. The van der Waals surface area contributed by atoms with Crippen LogP contribution in [0.2, 0.25) is 0 Å². The van der Waals surface area contributed by atoms with Crippen LogP contribution in [-0.4, -0.2) is 64.6 Å². The molecule has 0 aliphatic rings. The van der Waals surface area contributed by atoms with Gasteiger partial charge in [-0.25, -0.2) is 14.7 Å². The number of aromatic hydroxyl groups is 1. The van der Waals surface area contributed by atoms with Crippen LogP contribution < -0.4 is 15.5 Å². The minimum Gasteiger partial charge on any atom is -0.508 e. The smallest absolute Gasteiger partial charge is 0.423 e. The number of carbonyl (C=O) groups excluding carboxylic acids is 4. The zero-order chi connectivity index (χ0) is 33.2. The highest BCUT2D eigenvalue weighted by molar-refractivity contribution is 6.24. The first-order valence-corrected chi connectivity index (χ1v) is 13.9. The number of aryl methyl sites for hydroxylation is 1. The van der Waals surface area contributed by atoms with E-state index in [2.05, 4.69) is 25.8 Å². The summed E-state index contributed by atoms with van der Waals surface area (Å²) in [4.78, 5) is 59.9. The Balaban J connectivity index is 1.67. The van der Waals surface area contributed by atoms with Gasteiger partial charge in [0.1, 0.15) is 18.4 Å². The number of esters is 1. The number of amides is 3. The van der Waals surface area contributed by atoms with E-state index in [4.69, 9.17) is 19.4 Å². The molecule has 4 aromatic rings. The van der Waals surface area contributed by atoms with Crippen LogP contribution in [0.15, 0.2) is 70.5 Å². The summed E-state index contributed by atoms with van der Waals surface area (Å²) >= 11 is 0. The van der Waals surface area contributed by atoms with Crippen molar-refractivity contribution >= 4 is 47.6 Å². The number of rotatable bonds is 11. The van der Waals surface area contributed by atoms with Crippen molar-refractivity contribution in [2.45, 2.75) is 27.2 Å². The fourth-order valence-electron chi connectivity index (χ4n) is 4.31. The molecule has 2 heterocycles. The number of aliphatic imine (C=N–C) groups is 1. The summed E-state index contributed by atoms with van der Waals surface area (Å²) in [7, 11) is 0. The summed E-state index contributed by atoms with van der Waals surface area (Å²) in [5.41, 5.74) is 2.25. The van der Waals surface area contributed by atoms with Crippen LogP contribution in [0.1, 0.15) is 50.0 Å². The van der Waals surface area contributed by atoms with E-state index < -0.39 is 24.8 Å². The maximum absolute atomic E-state index is 13.8. The van der Waals surface area contributed by atoms with Crippen LogP contribution in [-0.2, 0) is 20.7 Å². The maximum Gasteiger partial charge on any atom is 0.423 e. The first-order chi connectivity index (χ1) is 22.1. The Morgan fingerprint density at radius 2 is 1.85 bits per heavy atom. The van der Waals surface area contributed by atoms with Crippen LogP contribution in [0.4, 0.5) is 16.3 Å². The lowest BCUT2D eigenvalue weighted by Gasteiger charge is -2.25. The number of phenols is 1. The monoisotopic (exact) mass is 629 g/mol. The number of hydrogen-bond donors (Lipinski definition) is 5. The minimum atomic E-state index is -1.07. The lowest BCUT2D eigenvalue weighted by Crippen LogP contribution is -2.40. The van der Waals surface area contributed by atoms with E-state index in [0.29, 0.717) is 29.6 Å². The molecule has 0 bridgehead atoms. The number of anilines is 2. The lowest BCUT2D eigenvalue weighted by molar-refractivity contribution is -0.150. The van der Waals surface area contributed by atoms with Gasteiger partial charge in [0.2, 0.25) is 6.79 Å². The van der Waals surface area contributed by atoms with Crippen molar-refractivity contribution in [1.29, 1.82) is 5.41 Å². The molecule has 2 aromatic heterocycles. The molecule has 0 aliphatic carbocycles. The second-order valence-corrected chi connectivity index (χ2v) is 9.71. The van der Waals surface area contributed by atoms with Gasteiger partial charge < -0.3 is 34.7 Å². The van der Waals surface area contributed by atoms with Gasteiger partial charge in [-0.2, -0.15) is 0 Å². The molecule has 46 heavy (non-hydrogen) atoms. The highest BCUT2D eigenvalue weighted by Crippen LogP contribution is 2.27. The quantitative estimate of drug-likeness (QED) is 0.0699. The molecular formula is C31H31N7O8. The summed E-state index contributed by atoms with van der Waals surface area (Å²) in [6.45, 7) is 4.69. The number of hydrogen-bond acceptors (Lipinski definition) is 10. The van der Waals surface area contributed by atoms with Crippen LogP contribution in [0.25, 0.3) is 0 Å². The SMILES string of the molecule is CCNC(=O)c1c[nH]c(C(=NC=N)N(C(=O)OCOC(=O)Cc2ccc(O)cc2)c2cc(C(=O)Nc3ccon3)ccc2C)c1C. The number of amidine groups is 1. The number of nitrogens with one attached hydrogen (secondary N) is 4. The van der Waals surface area contributed by atoms with Gasteiger partial charge in [0.05, 0.1) is 23.4 Å². The van der Waals surface area contributed by atoms with Crippen molar-refractivity contribution in [3.63, 3.8) is 0 Å².